The Hall–Kier alpha value is -1.30. The molecule has 39 heavy (non-hydrogen) atoms. The van der Waals surface area contributed by atoms with Crippen molar-refractivity contribution in [1.82, 2.24) is 14.7 Å². The maximum Gasteiger partial charge on any atom is 0.320 e. The van der Waals surface area contributed by atoms with E-state index in [0.29, 0.717) is 55.3 Å². The van der Waals surface area contributed by atoms with Gasteiger partial charge in [-0.2, -0.15) is 0 Å². The molecule has 0 aromatic rings. The molecule has 9 atom stereocenters. The van der Waals surface area contributed by atoms with E-state index in [2.05, 4.69) is 20.8 Å². The number of hydrogen-bond donors (Lipinski definition) is 1. The minimum atomic E-state index is -0.0609. The number of nitrogens with zero attached hydrogens (tertiary/aromatic N) is 3. The zero-order valence-corrected chi connectivity index (χ0v) is 25.1. The third-order valence-electron chi connectivity index (χ3n) is 13.5. The van der Waals surface area contributed by atoms with Crippen LogP contribution >= 0.6 is 0 Å². The molecule has 6 nitrogen and oxygen atoms in total. The largest absolute Gasteiger partial charge is 0.393 e. The maximum atomic E-state index is 13.2. The minimum absolute atomic E-state index is 0.0609. The number of urea groups is 1. The van der Waals surface area contributed by atoms with E-state index in [1.165, 1.54) is 44.9 Å². The van der Waals surface area contributed by atoms with E-state index in [-0.39, 0.29) is 12.1 Å². The molecule has 0 aromatic carbocycles. The van der Waals surface area contributed by atoms with Crippen LogP contribution in [0, 0.1) is 46.3 Å². The van der Waals surface area contributed by atoms with Gasteiger partial charge in [-0.05, 0) is 123 Å². The number of fused-ring (bicyclic) bond motifs is 5. The molecule has 0 bridgehead atoms. The first-order valence-corrected chi connectivity index (χ1v) is 16.7. The van der Waals surface area contributed by atoms with E-state index in [9.17, 15) is 14.7 Å². The summed E-state index contributed by atoms with van der Waals surface area (Å²) >= 11 is 0. The topological polar surface area (TPSA) is 64.1 Å². The summed E-state index contributed by atoms with van der Waals surface area (Å²) in [7, 11) is 0. The summed E-state index contributed by atoms with van der Waals surface area (Å²) < 4.78 is 0. The van der Waals surface area contributed by atoms with Gasteiger partial charge < -0.3 is 19.8 Å². The lowest BCUT2D eigenvalue weighted by Gasteiger charge is -2.61. The number of rotatable bonds is 4. The predicted molar refractivity (Wildman–Crippen MR) is 154 cm³/mol. The standard InChI is InChI=1S/C33H55N3O3/c1-23(6-11-30(38)34-18-20-36(21-19-34)31(39)35-16-4-5-17-35)27-9-10-28-26-8-7-24-22-25(37)12-14-32(24,2)29(26)13-15-33(27,28)3/h23-29,37H,4-22H2,1-3H3/t23-,24+,25+,26+,27-,28+,29+,32+,33-/m1/s1. The molecule has 220 valence electrons. The highest BCUT2D eigenvalue weighted by molar-refractivity contribution is 5.78. The number of carbonyl (C=O) groups excluding carboxylic acids is 2. The third-order valence-corrected chi connectivity index (χ3v) is 13.5. The molecule has 0 radical (unpaired) electrons. The van der Waals surface area contributed by atoms with Crippen LogP contribution < -0.4 is 0 Å². The molecule has 6 aliphatic rings. The molecule has 2 heterocycles. The van der Waals surface area contributed by atoms with Crippen LogP contribution in [0.2, 0.25) is 0 Å². The molecule has 0 spiro atoms. The van der Waals surface area contributed by atoms with Gasteiger partial charge in [0, 0.05) is 45.7 Å². The van der Waals surface area contributed by atoms with Gasteiger partial charge in [0.25, 0.3) is 0 Å². The van der Waals surface area contributed by atoms with E-state index >= 15 is 0 Å². The van der Waals surface area contributed by atoms with Gasteiger partial charge in [0.1, 0.15) is 0 Å². The van der Waals surface area contributed by atoms with Gasteiger partial charge in [0.2, 0.25) is 5.91 Å². The van der Waals surface area contributed by atoms with Crippen molar-refractivity contribution >= 4 is 11.9 Å². The summed E-state index contributed by atoms with van der Waals surface area (Å²) in [5.41, 5.74) is 0.880. The summed E-state index contributed by atoms with van der Waals surface area (Å²) in [5.74, 6) is 4.94. The first-order chi connectivity index (χ1) is 18.7. The van der Waals surface area contributed by atoms with Gasteiger partial charge in [-0.1, -0.05) is 20.8 Å². The zero-order valence-electron chi connectivity index (χ0n) is 25.1. The first kappa shape index (κ1) is 27.8. The lowest BCUT2D eigenvalue weighted by molar-refractivity contribution is -0.134. The fourth-order valence-electron chi connectivity index (χ4n) is 11.2. The van der Waals surface area contributed by atoms with Gasteiger partial charge in [0.15, 0.2) is 0 Å². The van der Waals surface area contributed by atoms with Crippen LogP contribution in [0.15, 0.2) is 0 Å². The molecule has 4 aliphatic carbocycles. The average Bonchev–Trinajstić information content (AvgIpc) is 3.60. The van der Waals surface area contributed by atoms with Crippen molar-refractivity contribution in [1.29, 1.82) is 0 Å². The van der Waals surface area contributed by atoms with Crippen molar-refractivity contribution in [3.05, 3.63) is 0 Å². The lowest BCUT2D eigenvalue weighted by Crippen LogP contribution is -2.54. The first-order valence-electron chi connectivity index (χ1n) is 16.7. The molecular weight excluding hydrogens is 486 g/mol. The second-order valence-corrected chi connectivity index (χ2v) is 15.2. The van der Waals surface area contributed by atoms with Gasteiger partial charge >= 0.3 is 6.03 Å². The molecule has 0 unspecified atom stereocenters. The van der Waals surface area contributed by atoms with Crippen molar-refractivity contribution in [2.24, 2.45) is 46.3 Å². The van der Waals surface area contributed by atoms with Gasteiger partial charge in [-0.15, -0.1) is 0 Å². The summed E-state index contributed by atoms with van der Waals surface area (Å²) in [4.78, 5) is 31.9. The zero-order chi connectivity index (χ0) is 27.4. The van der Waals surface area contributed by atoms with Crippen LogP contribution in [0.25, 0.3) is 0 Å². The number of likely N-dealkylation sites (tertiary alicyclic amines) is 1. The molecular formula is C33H55N3O3. The van der Waals surface area contributed by atoms with Crippen LogP contribution in [0.1, 0.15) is 104 Å². The predicted octanol–water partition coefficient (Wildman–Crippen LogP) is 5.78. The summed E-state index contributed by atoms with van der Waals surface area (Å²) in [6.07, 6.45) is 15.3. The van der Waals surface area contributed by atoms with Gasteiger partial charge in [0.05, 0.1) is 6.10 Å². The van der Waals surface area contributed by atoms with E-state index < -0.39 is 0 Å². The molecule has 1 N–H and O–H groups in total. The summed E-state index contributed by atoms with van der Waals surface area (Å²) in [6.45, 7) is 12.2. The highest BCUT2D eigenvalue weighted by atomic mass is 16.3. The molecule has 0 aromatic heterocycles. The van der Waals surface area contributed by atoms with Crippen LogP contribution in [-0.4, -0.2) is 77.1 Å². The average molecular weight is 542 g/mol. The SMILES string of the molecule is C[C@H](CCC(=O)N1CCN(C(=O)N2CCCC2)CC1)[C@H]1CC[C@H]2[C@@H]3CC[C@H]4C[C@@H](O)CC[C@]4(C)[C@H]3CC[C@]12C. The van der Waals surface area contributed by atoms with Gasteiger partial charge in [-0.25, -0.2) is 4.79 Å². The number of piperazine rings is 1. The van der Waals surface area contributed by atoms with E-state index in [4.69, 9.17) is 0 Å². The summed E-state index contributed by atoms with van der Waals surface area (Å²) in [5, 5.41) is 10.3. The number of carbonyl (C=O) groups is 2. The Bertz CT molecular complexity index is 912. The normalized spacial score (nSPS) is 43.0. The van der Waals surface area contributed by atoms with Gasteiger partial charge in [-0.3, -0.25) is 4.79 Å². The van der Waals surface area contributed by atoms with Crippen LogP contribution in [0.5, 0.6) is 0 Å². The van der Waals surface area contributed by atoms with E-state index in [1.807, 2.05) is 14.7 Å². The monoisotopic (exact) mass is 541 g/mol. The van der Waals surface area contributed by atoms with Crippen LogP contribution in [0.4, 0.5) is 4.79 Å². The quantitative estimate of drug-likeness (QED) is 0.491. The number of amides is 3. The molecule has 6 rings (SSSR count). The fraction of sp³-hybridized carbons (Fsp3) is 0.939. The minimum Gasteiger partial charge on any atom is -0.393 e. The second-order valence-electron chi connectivity index (χ2n) is 15.2. The molecule has 6 heteroatoms. The highest BCUT2D eigenvalue weighted by Crippen LogP contribution is 2.68. The molecule has 4 saturated carbocycles. The van der Waals surface area contributed by atoms with Crippen LogP contribution in [-0.2, 0) is 4.79 Å². The Morgan fingerprint density at radius 1 is 0.795 bits per heavy atom. The number of aliphatic hydroxyl groups is 1. The van der Waals surface area contributed by atoms with Crippen molar-refractivity contribution in [2.45, 2.75) is 110 Å². The van der Waals surface area contributed by atoms with Crippen molar-refractivity contribution < 1.29 is 14.7 Å². The smallest absolute Gasteiger partial charge is 0.320 e. The Kier molecular flexibility index (Phi) is 7.74. The Balaban J connectivity index is 1.01. The molecule has 2 saturated heterocycles. The lowest BCUT2D eigenvalue weighted by atomic mass is 9.44. The third kappa shape index (κ3) is 4.93. The Morgan fingerprint density at radius 3 is 2.18 bits per heavy atom. The van der Waals surface area contributed by atoms with Crippen molar-refractivity contribution in [2.75, 3.05) is 39.3 Å². The Morgan fingerprint density at radius 2 is 1.44 bits per heavy atom. The second kappa shape index (κ2) is 10.8. The van der Waals surface area contributed by atoms with Crippen molar-refractivity contribution in [3.63, 3.8) is 0 Å². The van der Waals surface area contributed by atoms with E-state index in [0.717, 1.165) is 74.8 Å². The highest BCUT2D eigenvalue weighted by Gasteiger charge is 2.60. The van der Waals surface area contributed by atoms with Crippen molar-refractivity contribution in [3.8, 4) is 0 Å². The fourth-order valence-corrected chi connectivity index (χ4v) is 11.2. The Labute approximate surface area is 237 Å². The molecule has 2 aliphatic heterocycles. The maximum absolute atomic E-state index is 13.2. The molecule has 3 amide bonds. The van der Waals surface area contributed by atoms with E-state index in [1.54, 1.807) is 0 Å². The number of hydrogen-bond acceptors (Lipinski definition) is 3. The number of aliphatic hydroxyl groups excluding tert-OH is 1. The summed E-state index contributed by atoms with van der Waals surface area (Å²) in [6, 6.07) is 0.176. The molecule has 6 fully saturated rings. The van der Waals surface area contributed by atoms with Crippen LogP contribution in [0.3, 0.4) is 0 Å².